The summed E-state index contributed by atoms with van der Waals surface area (Å²) < 4.78 is 0. The maximum atomic E-state index is 12.6. The van der Waals surface area contributed by atoms with Crippen LogP contribution in [0.15, 0.2) is 54.6 Å². The summed E-state index contributed by atoms with van der Waals surface area (Å²) in [5.74, 6) is -0.484. The minimum Gasteiger partial charge on any atom is -0.396 e. The third-order valence-electron chi connectivity index (χ3n) is 3.39. The molecule has 22 heavy (non-hydrogen) atoms. The van der Waals surface area contributed by atoms with Gasteiger partial charge in [-0.3, -0.25) is 9.59 Å². The first-order valence-corrected chi connectivity index (χ1v) is 7.24. The number of aliphatic hydroxyl groups excluding tert-OH is 1. The summed E-state index contributed by atoms with van der Waals surface area (Å²) in [6.07, 6.45) is 0.473. The van der Waals surface area contributed by atoms with Gasteiger partial charge in [-0.05, 0) is 19.4 Å². The van der Waals surface area contributed by atoms with Crippen molar-refractivity contribution in [3.63, 3.8) is 0 Å². The molecule has 1 amide bonds. The van der Waals surface area contributed by atoms with Gasteiger partial charge in [-0.2, -0.15) is 0 Å². The Bertz CT molecular complexity index is 652. The molecule has 0 aromatic heterocycles. The van der Waals surface area contributed by atoms with Gasteiger partial charge in [0.2, 0.25) is 0 Å². The lowest BCUT2D eigenvalue weighted by molar-refractivity contribution is 0.0924. The molecule has 2 rings (SSSR count). The molecule has 0 saturated heterocycles. The van der Waals surface area contributed by atoms with Crippen molar-refractivity contribution in [1.82, 2.24) is 5.32 Å². The molecule has 0 aliphatic carbocycles. The van der Waals surface area contributed by atoms with E-state index >= 15 is 0 Å². The largest absolute Gasteiger partial charge is 0.396 e. The Labute approximate surface area is 129 Å². The van der Waals surface area contributed by atoms with Crippen LogP contribution in [0.1, 0.15) is 39.6 Å². The van der Waals surface area contributed by atoms with Crippen LogP contribution in [-0.4, -0.2) is 29.4 Å². The number of hydrogen-bond donors (Lipinski definition) is 2. The molecule has 2 N–H and O–H groups in total. The molecule has 0 aliphatic heterocycles. The summed E-state index contributed by atoms with van der Waals surface area (Å²) >= 11 is 0. The Hall–Kier alpha value is -2.46. The Morgan fingerprint density at radius 1 is 1.00 bits per heavy atom. The number of aliphatic hydroxyl groups is 1. The van der Waals surface area contributed by atoms with Crippen molar-refractivity contribution < 1.29 is 14.7 Å². The van der Waals surface area contributed by atoms with Crippen molar-refractivity contribution in [2.24, 2.45) is 0 Å². The number of amides is 1. The molecule has 4 nitrogen and oxygen atoms in total. The van der Waals surface area contributed by atoms with E-state index in [4.69, 9.17) is 5.11 Å². The minimum absolute atomic E-state index is 0.00599. The molecule has 0 bridgehead atoms. The third kappa shape index (κ3) is 3.80. The number of carbonyl (C=O) groups excluding carboxylic acids is 2. The molecule has 4 heteroatoms. The van der Waals surface area contributed by atoms with Crippen LogP contribution < -0.4 is 5.32 Å². The highest BCUT2D eigenvalue weighted by Crippen LogP contribution is 2.15. The lowest BCUT2D eigenvalue weighted by Gasteiger charge is -2.14. The fourth-order valence-corrected chi connectivity index (χ4v) is 2.19. The maximum Gasteiger partial charge on any atom is 0.252 e. The SMILES string of the molecule is CC(CCO)NC(=O)c1ccccc1C(=O)c1ccccc1. The molecule has 1 unspecified atom stereocenters. The molecule has 0 saturated carbocycles. The van der Waals surface area contributed by atoms with Gasteiger partial charge in [-0.15, -0.1) is 0 Å². The Balaban J connectivity index is 2.27. The van der Waals surface area contributed by atoms with Crippen molar-refractivity contribution in [3.8, 4) is 0 Å². The van der Waals surface area contributed by atoms with Gasteiger partial charge in [0.05, 0.1) is 5.56 Å². The van der Waals surface area contributed by atoms with E-state index in [1.807, 2.05) is 13.0 Å². The lowest BCUT2D eigenvalue weighted by Crippen LogP contribution is -2.34. The molecular weight excluding hydrogens is 278 g/mol. The highest BCUT2D eigenvalue weighted by molar-refractivity contribution is 6.15. The second-order valence-corrected chi connectivity index (χ2v) is 5.13. The van der Waals surface area contributed by atoms with Crippen LogP contribution in [-0.2, 0) is 0 Å². The maximum absolute atomic E-state index is 12.6. The zero-order valence-electron chi connectivity index (χ0n) is 12.5. The van der Waals surface area contributed by atoms with E-state index in [0.717, 1.165) is 0 Å². The quantitative estimate of drug-likeness (QED) is 0.805. The van der Waals surface area contributed by atoms with Gasteiger partial charge in [0.25, 0.3) is 5.91 Å². The monoisotopic (exact) mass is 297 g/mol. The number of rotatable bonds is 6. The van der Waals surface area contributed by atoms with Crippen LogP contribution in [0.4, 0.5) is 0 Å². The predicted molar refractivity (Wildman–Crippen MR) is 84.9 cm³/mol. The van der Waals surface area contributed by atoms with E-state index in [-0.39, 0.29) is 24.3 Å². The first-order valence-electron chi connectivity index (χ1n) is 7.24. The van der Waals surface area contributed by atoms with Crippen molar-refractivity contribution in [3.05, 3.63) is 71.3 Å². The van der Waals surface area contributed by atoms with Crippen LogP contribution in [0.3, 0.4) is 0 Å². The smallest absolute Gasteiger partial charge is 0.252 e. The third-order valence-corrected chi connectivity index (χ3v) is 3.39. The molecule has 0 fully saturated rings. The highest BCUT2D eigenvalue weighted by Gasteiger charge is 2.18. The summed E-state index contributed by atoms with van der Waals surface area (Å²) in [6.45, 7) is 1.82. The average Bonchev–Trinajstić information content (AvgIpc) is 2.55. The Morgan fingerprint density at radius 2 is 1.59 bits per heavy atom. The first-order chi connectivity index (χ1) is 10.6. The minimum atomic E-state index is -0.305. The summed E-state index contributed by atoms with van der Waals surface area (Å²) in [6, 6.07) is 15.5. The van der Waals surface area contributed by atoms with Gasteiger partial charge in [-0.1, -0.05) is 48.5 Å². The zero-order valence-corrected chi connectivity index (χ0v) is 12.5. The number of benzene rings is 2. The van der Waals surface area contributed by atoms with Gasteiger partial charge >= 0.3 is 0 Å². The standard InChI is InChI=1S/C18H19NO3/c1-13(11-12-20)19-18(22)16-10-6-5-9-15(16)17(21)14-7-3-2-4-8-14/h2-10,13,20H,11-12H2,1H3,(H,19,22). The molecule has 114 valence electrons. The van der Waals surface area contributed by atoms with Gasteiger partial charge in [-0.25, -0.2) is 0 Å². The van der Waals surface area contributed by atoms with Gasteiger partial charge < -0.3 is 10.4 Å². The zero-order chi connectivity index (χ0) is 15.9. The van der Waals surface area contributed by atoms with Crippen LogP contribution >= 0.6 is 0 Å². The van der Waals surface area contributed by atoms with Crippen LogP contribution in [0.2, 0.25) is 0 Å². The van der Waals surface area contributed by atoms with Crippen LogP contribution in [0.5, 0.6) is 0 Å². The van der Waals surface area contributed by atoms with Crippen molar-refractivity contribution in [2.75, 3.05) is 6.61 Å². The molecule has 0 heterocycles. The molecule has 0 radical (unpaired) electrons. The van der Waals surface area contributed by atoms with Gasteiger partial charge in [0.15, 0.2) is 5.78 Å². The molecule has 1 atom stereocenters. The van der Waals surface area contributed by atoms with Crippen LogP contribution in [0, 0.1) is 0 Å². The van der Waals surface area contributed by atoms with Gasteiger partial charge in [0, 0.05) is 23.8 Å². The van der Waals surface area contributed by atoms with Crippen molar-refractivity contribution >= 4 is 11.7 Å². The van der Waals surface area contributed by atoms with E-state index in [2.05, 4.69) is 5.32 Å². The van der Waals surface area contributed by atoms with E-state index in [1.165, 1.54) is 0 Å². The van der Waals surface area contributed by atoms with Crippen molar-refractivity contribution in [2.45, 2.75) is 19.4 Å². The summed E-state index contributed by atoms with van der Waals surface area (Å²) in [5, 5.41) is 11.7. The van der Waals surface area contributed by atoms with Gasteiger partial charge in [0.1, 0.15) is 0 Å². The number of hydrogen-bond acceptors (Lipinski definition) is 3. The number of ketones is 1. The second-order valence-electron chi connectivity index (χ2n) is 5.13. The molecular formula is C18H19NO3. The topological polar surface area (TPSA) is 66.4 Å². The number of carbonyl (C=O) groups is 2. The van der Waals surface area contributed by atoms with E-state index < -0.39 is 0 Å². The fraction of sp³-hybridized carbons (Fsp3) is 0.222. The normalized spacial score (nSPS) is 11.7. The summed E-state index contributed by atoms with van der Waals surface area (Å²) in [4.78, 5) is 24.9. The fourth-order valence-electron chi connectivity index (χ4n) is 2.19. The molecule has 0 aliphatic rings. The first kappa shape index (κ1) is 15.9. The predicted octanol–water partition coefficient (Wildman–Crippen LogP) is 2.42. The highest BCUT2D eigenvalue weighted by atomic mass is 16.3. The summed E-state index contributed by atoms with van der Waals surface area (Å²) in [5.41, 5.74) is 1.27. The Morgan fingerprint density at radius 3 is 2.23 bits per heavy atom. The average molecular weight is 297 g/mol. The number of nitrogens with one attached hydrogen (secondary N) is 1. The van der Waals surface area contributed by atoms with Crippen LogP contribution in [0.25, 0.3) is 0 Å². The second kappa shape index (κ2) is 7.52. The lowest BCUT2D eigenvalue weighted by atomic mass is 9.97. The Kier molecular flexibility index (Phi) is 5.44. The van der Waals surface area contributed by atoms with E-state index in [1.54, 1.807) is 48.5 Å². The van der Waals surface area contributed by atoms with Crippen molar-refractivity contribution in [1.29, 1.82) is 0 Å². The molecule has 2 aromatic carbocycles. The van der Waals surface area contributed by atoms with E-state index in [9.17, 15) is 9.59 Å². The molecule has 2 aromatic rings. The molecule has 0 spiro atoms. The van der Waals surface area contributed by atoms with E-state index in [0.29, 0.717) is 23.1 Å². The summed E-state index contributed by atoms with van der Waals surface area (Å²) in [7, 11) is 0.